The van der Waals surface area contributed by atoms with Crippen molar-refractivity contribution in [1.29, 1.82) is 0 Å². The predicted molar refractivity (Wildman–Crippen MR) is 66.9 cm³/mol. The summed E-state index contributed by atoms with van der Waals surface area (Å²) in [6, 6.07) is 0. The van der Waals surface area contributed by atoms with E-state index in [4.69, 9.17) is 4.74 Å². The van der Waals surface area contributed by atoms with Crippen LogP contribution >= 0.6 is 0 Å². The van der Waals surface area contributed by atoms with Gasteiger partial charge in [0.1, 0.15) is 5.60 Å². The minimum atomic E-state index is -0.385. The highest BCUT2D eigenvalue weighted by atomic mass is 16.6. The highest BCUT2D eigenvalue weighted by Crippen LogP contribution is 2.31. The molecule has 0 aromatic heterocycles. The summed E-state index contributed by atoms with van der Waals surface area (Å²) in [7, 11) is 0. The summed E-state index contributed by atoms with van der Waals surface area (Å²) in [6.07, 6.45) is -0.144. The van der Waals surface area contributed by atoms with Gasteiger partial charge < -0.3 is 14.5 Å². The van der Waals surface area contributed by atoms with Gasteiger partial charge in [0, 0.05) is 26.2 Å². The molecule has 2 aliphatic rings. The molecular formula is C13H24N2O2. The fourth-order valence-corrected chi connectivity index (χ4v) is 2.82. The number of hydrogen-bond donors (Lipinski definition) is 0. The third kappa shape index (κ3) is 2.92. The maximum absolute atomic E-state index is 11.9. The largest absolute Gasteiger partial charge is 0.444 e. The fourth-order valence-electron chi connectivity index (χ4n) is 2.82. The van der Waals surface area contributed by atoms with Crippen LogP contribution in [0.5, 0.6) is 0 Å². The van der Waals surface area contributed by atoms with Crippen molar-refractivity contribution >= 4 is 6.09 Å². The Labute approximate surface area is 104 Å². The summed E-state index contributed by atoms with van der Waals surface area (Å²) >= 11 is 0. The van der Waals surface area contributed by atoms with Crippen molar-refractivity contribution in [3.63, 3.8) is 0 Å². The van der Waals surface area contributed by atoms with Crippen molar-refractivity contribution in [2.75, 3.05) is 32.7 Å². The molecule has 1 amide bonds. The average molecular weight is 240 g/mol. The average Bonchev–Trinajstić information content (AvgIpc) is 2.70. The van der Waals surface area contributed by atoms with Crippen LogP contribution in [0.3, 0.4) is 0 Å². The van der Waals surface area contributed by atoms with Gasteiger partial charge in [0.15, 0.2) is 0 Å². The molecule has 0 saturated carbocycles. The minimum absolute atomic E-state index is 0.144. The summed E-state index contributed by atoms with van der Waals surface area (Å²) in [5.74, 6) is 1.31. The van der Waals surface area contributed by atoms with E-state index in [1.165, 1.54) is 0 Å². The third-order valence-electron chi connectivity index (χ3n) is 3.66. The summed E-state index contributed by atoms with van der Waals surface area (Å²) in [5.41, 5.74) is -0.385. The maximum Gasteiger partial charge on any atom is 0.410 e. The second kappa shape index (κ2) is 4.48. The first-order valence-electron chi connectivity index (χ1n) is 6.59. The van der Waals surface area contributed by atoms with Gasteiger partial charge in [0.2, 0.25) is 0 Å². The summed E-state index contributed by atoms with van der Waals surface area (Å²) in [6.45, 7) is 13.1. The molecule has 0 aromatic rings. The number of carbonyl (C=O) groups excluding carboxylic acids is 1. The smallest absolute Gasteiger partial charge is 0.410 e. The van der Waals surface area contributed by atoms with Crippen LogP contribution in [-0.2, 0) is 4.74 Å². The Balaban J connectivity index is 1.86. The maximum atomic E-state index is 11.9. The molecule has 2 aliphatic heterocycles. The summed E-state index contributed by atoms with van der Waals surface area (Å²) < 4.78 is 5.41. The normalized spacial score (nSPS) is 29.5. The highest BCUT2D eigenvalue weighted by molar-refractivity contribution is 5.68. The molecule has 4 heteroatoms. The number of ether oxygens (including phenoxy) is 1. The summed E-state index contributed by atoms with van der Waals surface area (Å²) in [4.78, 5) is 16.3. The second-order valence-electron chi connectivity index (χ2n) is 6.26. The Hall–Kier alpha value is -0.770. The lowest BCUT2D eigenvalue weighted by Crippen LogP contribution is -2.37. The van der Waals surface area contributed by atoms with Crippen molar-refractivity contribution in [3.05, 3.63) is 0 Å². The fraction of sp³-hybridized carbons (Fsp3) is 0.923. The number of amides is 1. The number of nitrogens with zero attached hydrogens (tertiary/aromatic N) is 2. The van der Waals surface area contributed by atoms with Gasteiger partial charge in [-0.2, -0.15) is 0 Å². The minimum Gasteiger partial charge on any atom is -0.444 e. The topological polar surface area (TPSA) is 32.8 Å². The van der Waals surface area contributed by atoms with E-state index in [1.54, 1.807) is 0 Å². The van der Waals surface area contributed by atoms with E-state index >= 15 is 0 Å². The van der Waals surface area contributed by atoms with Crippen molar-refractivity contribution < 1.29 is 9.53 Å². The molecular weight excluding hydrogens is 216 g/mol. The lowest BCUT2D eigenvalue weighted by Gasteiger charge is -2.25. The van der Waals surface area contributed by atoms with Crippen LogP contribution in [0.15, 0.2) is 0 Å². The molecule has 0 N–H and O–H groups in total. The standard InChI is InChI=1S/C13H24N2O2/c1-5-14-6-10-8-15(9-11(10)7-14)12(16)17-13(2,3)4/h10-11H,5-9H2,1-4H3. The van der Waals surface area contributed by atoms with Gasteiger partial charge in [-0.1, -0.05) is 6.92 Å². The van der Waals surface area contributed by atoms with Crippen LogP contribution < -0.4 is 0 Å². The van der Waals surface area contributed by atoms with Gasteiger partial charge >= 0.3 is 6.09 Å². The second-order valence-corrected chi connectivity index (χ2v) is 6.26. The van der Waals surface area contributed by atoms with E-state index < -0.39 is 0 Å². The molecule has 2 saturated heterocycles. The molecule has 2 rings (SSSR count). The molecule has 0 bridgehead atoms. The molecule has 2 fully saturated rings. The van der Waals surface area contributed by atoms with Crippen LogP contribution in [0.1, 0.15) is 27.7 Å². The van der Waals surface area contributed by atoms with Crippen LogP contribution in [0.2, 0.25) is 0 Å². The van der Waals surface area contributed by atoms with E-state index in [2.05, 4.69) is 11.8 Å². The van der Waals surface area contributed by atoms with Crippen LogP contribution in [-0.4, -0.2) is 54.2 Å². The van der Waals surface area contributed by atoms with Crippen LogP contribution in [0.25, 0.3) is 0 Å². The quantitative estimate of drug-likeness (QED) is 0.700. The Kier molecular flexibility index (Phi) is 3.34. The molecule has 2 atom stereocenters. The molecule has 98 valence electrons. The molecule has 0 spiro atoms. The highest BCUT2D eigenvalue weighted by Gasteiger charge is 2.42. The SMILES string of the molecule is CCN1CC2CN(C(=O)OC(C)(C)C)CC2C1. The molecule has 2 unspecified atom stereocenters. The molecule has 4 nitrogen and oxygen atoms in total. The molecule has 0 radical (unpaired) electrons. The van der Waals surface area contributed by atoms with Gasteiger partial charge in [-0.3, -0.25) is 0 Å². The zero-order chi connectivity index (χ0) is 12.6. The first kappa shape index (κ1) is 12.7. The Bertz CT molecular complexity index is 284. The number of hydrogen-bond acceptors (Lipinski definition) is 3. The van der Waals surface area contributed by atoms with Crippen LogP contribution in [0.4, 0.5) is 4.79 Å². The first-order chi connectivity index (χ1) is 7.89. The zero-order valence-electron chi connectivity index (χ0n) is 11.4. The van der Waals surface area contributed by atoms with Gasteiger partial charge in [0.05, 0.1) is 0 Å². The van der Waals surface area contributed by atoms with E-state index in [1.807, 2.05) is 25.7 Å². The zero-order valence-corrected chi connectivity index (χ0v) is 11.4. The van der Waals surface area contributed by atoms with Crippen molar-refractivity contribution in [3.8, 4) is 0 Å². The summed E-state index contributed by atoms with van der Waals surface area (Å²) in [5, 5.41) is 0. The van der Waals surface area contributed by atoms with E-state index in [9.17, 15) is 4.79 Å². The number of likely N-dealkylation sites (tertiary alicyclic amines) is 2. The van der Waals surface area contributed by atoms with Crippen molar-refractivity contribution in [1.82, 2.24) is 9.80 Å². The number of fused-ring (bicyclic) bond motifs is 1. The first-order valence-corrected chi connectivity index (χ1v) is 6.59. The Morgan fingerprint density at radius 1 is 1.18 bits per heavy atom. The lowest BCUT2D eigenvalue weighted by atomic mass is 10.0. The van der Waals surface area contributed by atoms with E-state index in [-0.39, 0.29) is 11.7 Å². The van der Waals surface area contributed by atoms with Gasteiger partial charge in [0.25, 0.3) is 0 Å². The van der Waals surface area contributed by atoms with Gasteiger partial charge in [-0.05, 0) is 39.2 Å². The predicted octanol–water partition coefficient (Wildman–Crippen LogP) is 1.80. The monoisotopic (exact) mass is 240 g/mol. The van der Waals surface area contributed by atoms with Gasteiger partial charge in [-0.15, -0.1) is 0 Å². The van der Waals surface area contributed by atoms with Crippen LogP contribution in [0, 0.1) is 11.8 Å². The van der Waals surface area contributed by atoms with E-state index in [0.29, 0.717) is 11.8 Å². The molecule has 0 aliphatic carbocycles. The molecule has 0 aromatic carbocycles. The Morgan fingerprint density at radius 3 is 2.12 bits per heavy atom. The molecule has 2 heterocycles. The number of rotatable bonds is 1. The molecule has 17 heavy (non-hydrogen) atoms. The van der Waals surface area contributed by atoms with Gasteiger partial charge in [-0.25, -0.2) is 4.79 Å². The van der Waals surface area contributed by atoms with Crippen molar-refractivity contribution in [2.45, 2.75) is 33.3 Å². The lowest BCUT2D eigenvalue weighted by molar-refractivity contribution is 0.0275. The third-order valence-corrected chi connectivity index (χ3v) is 3.66. The Morgan fingerprint density at radius 2 is 1.71 bits per heavy atom. The van der Waals surface area contributed by atoms with Crippen molar-refractivity contribution in [2.24, 2.45) is 11.8 Å². The number of carbonyl (C=O) groups is 1. The van der Waals surface area contributed by atoms with E-state index in [0.717, 1.165) is 32.7 Å².